The van der Waals surface area contributed by atoms with Crippen LogP contribution in [0.2, 0.25) is 0 Å². The van der Waals surface area contributed by atoms with Gasteiger partial charge in [-0.2, -0.15) is 0 Å². The van der Waals surface area contributed by atoms with Crippen LogP contribution in [0.4, 0.5) is 4.79 Å². The predicted molar refractivity (Wildman–Crippen MR) is 86.6 cm³/mol. The summed E-state index contributed by atoms with van der Waals surface area (Å²) < 4.78 is 5.30. The van der Waals surface area contributed by atoms with E-state index in [-0.39, 0.29) is 12.1 Å². The fourth-order valence-electron chi connectivity index (χ4n) is 2.44. The summed E-state index contributed by atoms with van der Waals surface area (Å²) in [7, 11) is 4.21. The molecule has 1 rings (SSSR count). The van der Waals surface area contributed by atoms with Crippen LogP contribution in [-0.2, 0) is 4.74 Å². The minimum atomic E-state index is -0.425. The van der Waals surface area contributed by atoms with E-state index in [1.54, 1.807) is 0 Å². The second-order valence-corrected chi connectivity index (χ2v) is 7.42. The first kappa shape index (κ1) is 18.2. The maximum absolute atomic E-state index is 11.7. The van der Waals surface area contributed by atoms with Crippen LogP contribution in [0.1, 0.15) is 53.4 Å². The summed E-state index contributed by atoms with van der Waals surface area (Å²) in [6.07, 6.45) is 3.97. The first-order valence-electron chi connectivity index (χ1n) is 8.06. The zero-order valence-electron chi connectivity index (χ0n) is 14.5. The molecule has 1 saturated carbocycles. The van der Waals surface area contributed by atoms with Crippen molar-refractivity contribution in [3.63, 3.8) is 0 Å². The molecule has 5 heteroatoms. The lowest BCUT2D eigenvalue weighted by atomic mass is 9.91. The molecule has 21 heavy (non-hydrogen) atoms. The van der Waals surface area contributed by atoms with Crippen molar-refractivity contribution in [1.29, 1.82) is 0 Å². The Morgan fingerprint density at radius 3 is 2.19 bits per heavy atom. The summed E-state index contributed by atoms with van der Waals surface area (Å²) in [5, 5.41) is 6.61. The minimum absolute atomic E-state index is 0.254. The van der Waals surface area contributed by atoms with E-state index in [1.165, 1.54) is 0 Å². The average molecular weight is 299 g/mol. The van der Waals surface area contributed by atoms with Crippen LogP contribution in [0.5, 0.6) is 0 Å². The van der Waals surface area contributed by atoms with Gasteiger partial charge >= 0.3 is 6.09 Å². The molecule has 1 aliphatic rings. The Hall–Kier alpha value is -0.810. The molecule has 0 radical (unpaired) electrons. The number of rotatable bonds is 5. The summed E-state index contributed by atoms with van der Waals surface area (Å²) in [5.74, 6) is 0. The van der Waals surface area contributed by atoms with Gasteiger partial charge in [-0.05, 0) is 67.5 Å². The summed E-state index contributed by atoms with van der Waals surface area (Å²) in [6, 6.07) is 1.37. The van der Waals surface area contributed by atoms with Gasteiger partial charge < -0.3 is 20.3 Å². The first-order valence-corrected chi connectivity index (χ1v) is 8.06. The molecule has 1 aliphatic carbocycles. The van der Waals surface area contributed by atoms with Gasteiger partial charge in [0.1, 0.15) is 5.60 Å². The molecule has 0 aromatic heterocycles. The quantitative estimate of drug-likeness (QED) is 0.818. The van der Waals surface area contributed by atoms with Crippen molar-refractivity contribution in [3.05, 3.63) is 0 Å². The van der Waals surface area contributed by atoms with Gasteiger partial charge in [-0.1, -0.05) is 0 Å². The SMILES string of the molecule is CC(CNC1CCC(NC(=O)OC(C)(C)C)CC1)N(C)C. The Kier molecular flexibility index (Phi) is 6.94. The van der Waals surface area contributed by atoms with Crippen molar-refractivity contribution in [2.45, 2.75) is 77.1 Å². The molecule has 2 N–H and O–H groups in total. The largest absolute Gasteiger partial charge is 0.444 e. The minimum Gasteiger partial charge on any atom is -0.444 e. The van der Waals surface area contributed by atoms with E-state index < -0.39 is 5.60 Å². The predicted octanol–water partition coefficient (Wildman–Crippen LogP) is 2.36. The van der Waals surface area contributed by atoms with E-state index in [4.69, 9.17) is 4.74 Å². The van der Waals surface area contributed by atoms with Crippen molar-refractivity contribution in [1.82, 2.24) is 15.5 Å². The molecule has 0 heterocycles. The normalized spacial score (nSPS) is 24.7. The summed E-state index contributed by atoms with van der Waals surface area (Å²) >= 11 is 0. The van der Waals surface area contributed by atoms with E-state index in [2.05, 4.69) is 36.6 Å². The van der Waals surface area contributed by atoms with Gasteiger partial charge in [0.15, 0.2) is 0 Å². The van der Waals surface area contributed by atoms with Gasteiger partial charge in [0.05, 0.1) is 0 Å². The van der Waals surface area contributed by atoms with Crippen molar-refractivity contribution in [2.24, 2.45) is 0 Å². The molecule has 1 amide bonds. The molecular weight excluding hydrogens is 266 g/mol. The lowest BCUT2D eigenvalue weighted by Crippen LogP contribution is -2.46. The van der Waals surface area contributed by atoms with Crippen LogP contribution in [-0.4, -0.2) is 55.4 Å². The molecule has 0 spiro atoms. The van der Waals surface area contributed by atoms with Crippen molar-refractivity contribution in [3.8, 4) is 0 Å². The second-order valence-electron chi connectivity index (χ2n) is 7.42. The number of carbonyl (C=O) groups excluding carboxylic acids is 1. The first-order chi connectivity index (χ1) is 9.67. The fraction of sp³-hybridized carbons (Fsp3) is 0.938. The van der Waals surface area contributed by atoms with Crippen molar-refractivity contribution in [2.75, 3.05) is 20.6 Å². The fourth-order valence-corrected chi connectivity index (χ4v) is 2.44. The molecule has 1 unspecified atom stereocenters. The highest BCUT2D eigenvalue weighted by Gasteiger charge is 2.24. The zero-order valence-corrected chi connectivity index (χ0v) is 14.5. The monoisotopic (exact) mass is 299 g/mol. The molecule has 0 aromatic carbocycles. The second kappa shape index (κ2) is 7.99. The van der Waals surface area contributed by atoms with E-state index >= 15 is 0 Å². The number of nitrogens with zero attached hydrogens (tertiary/aromatic N) is 1. The number of ether oxygens (including phenoxy) is 1. The van der Waals surface area contributed by atoms with E-state index in [9.17, 15) is 4.79 Å². The van der Waals surface area contributed by atoms with Crippen LogP contribution in [0.25, 0.3) is 0 Å². The number of alkyl carbamates (subject to hydrolysis) is 1. The van der Waals surface area contributed by atoms with Crippen molar-refractivity contribution >= 4 is 6.09 Å². The smallest absolute Gasteiger partial charge is 0.407 e. The van der Waals surface area contributed by atoms with Gasteiger partial charge in [-0.3, -0.25) is 0 Å². The Balaban J connectivity index is 2.22. The summed E-state index contributed by atoms with van der Waals surface area (Å²) in [6.45, 7) is 8.91. The third-order valence-corrected chi connectivity index (χ3v) is 4.03. The lowest BCUT2D eigenvalue weighted by molar-refractivity contribution is 0.0489. The maximum atomic E-state index is 11.7. The van der Waals surface area contributed by atoms with Gasteiger partial charge in [0.2, 0.25) is 0 Å². The maximum Gasteiger partial charge on any atom is 0.407 e. The summed E-state index contributed by atoms with van der Waals surface area (Å²) in [5.41, 5.74) is -0.425. The average Bonchev–Trinajstić information content (AvgIpc) is 2.35. The Labute approximate surface area is 129 Å². The molecule has 5 nitrogen and oxygen atoms in total. The van der Waals surface area contributed by atoms with Crippen LogP contribution < -0.4 is 10.6 Å². The topological polar surface area (TPSA) is 53.6 Å². The molecule has 1 atom stereocenters. The molecule has 0 aliphatic heterocycles. The number of likely N-dealkylation sites (N-methyl/N-ethyl adjacent to an activating group) is 1. The molecule has 0 bridgehead atoms. The third-order valence-electron chi connectivity index (χ3n) is 4.03. The van der Waals surface area contributed by atoms with Crippen LogP contribution in [0, 0.1) is 0 Å². The molecule has 124 valence electrons. The number of hydrogen-bond acceptors (Lipinski definition) is 4. The van der Waals surface area contributed by atoms with E-state index in [0.717, 1.165) is 32.2 Å². The lowest BCUT2D eigenvalue weighted by Gasteiger charge is -2.32. The highest BCUT2D eigenvalue weighted by Crippen LogP contribution is 2.19. The Bertz CT molecular complexity index is 318. The standard InChI is InChI=1S/C16H33N3O2/c1-12(19(5)6)11-17-13-7-9-14(10-8-13)18-15(20)21-16(2,3)4/h12-14,17H,7-11H2,1-6H3,(H,18,20). The van der Waals surface area contributed by atoms with Gasteiger partial charge in [-0.25, -0.2) is 4.79 Å². The Morgan fingerprint density at radius 1 is 1.19 bits per heavy atom. The number of hydrogen-bond donors (Lipinski definition) is 2. The zero-order chi connectivity index (χ0) is 16.0. The molecule has 0 aromatic rings. The number of amides is 1. The highest BCUT2D eigenvalue weighted by molar-refractivity contribution is 5.68. The van der Waals surface area contributed by atoms with Crippen LogP contribution in [0.15, 0.2) is 0 Å². The number of nitrogens with one attached hydrogen (secondary N) is 2. The molecule has 0 saturated heterocycles. The third kappa shape index (κ3) is 7.67. The van der Waals surface area contributed by atoms with Crippen molar-refractivity contribution < 1.29 is 9.53 Å². The van der Waals surface area contributed by atoms with E-state index in [0.29, 0.717) is 12.1 Å². The van der Waals surface area contributed by atoms with Crippen LogP contribution in [0.3, 0.4) is 0 Å². The summed E-state index contributed by atoms with van der Waals surface area (Å²) in [4.78, 5) is 14.0. The molecular formula is C16H33N3O2. The number of carbonyl (C=O) groups is 1. The molecule has 1 fully saturated rings. The highest BCUT2D eigenvalue weighted by atomic mass is 16.6. The van der Waals surface area contributed by atoms with E-state index in [1.807, 2.05) is 20.8 Å². The van der Waals surface area contributed by atoms with Gasteiger partial charge in [0, 0.05) is 24.7 Å². The van der Waals surface area contributed by atoms with Gasteiger partial charge in [-0.15, -0.1) is 0 Å². The Morgan fingerprint density at radius 2 is 1.71 bits per heavy atom. The van der Waals surface area contributed by atoms with Gasteiger partial charge in [0.25, 0.3) is 0 Å². The van der Waals surface area contributed by atoms with Crippen LogP contribution >= 0.6 is 0 Å².